The van der Waals surface area contributed by atoms with Crippen LogP contribution in [0.15, 0.2) is 54.2 Å². The lowest BCUT2D eigenvalue weighted by atomic mass is 10.1. The number of para-hydroxylation sites is 2. The molecule has 0 saturated carbocycles. The topological polar surface area (TPSA) is 114 Å². The first kappa shape index (κ1) is 20.8. The van der Waals surface area contributed by atoms with Gasteiger partial charge in [-0.15, -0.1) is 0 Å². The highest BCUT2D eigenvalue weighted by Crippen LogP contribution is 2.33. The minimum absolute atomic E-state index is 0.0767. The van der Waals surface area contributed by atoms with Gasteiger partial charge in [-0.1, -0.05) is 29.8 Å². The molecule has 0 aliphatic carbocycles. The van der Waals surface area contributed by atoms with Crippen molar-refractivity contribution in [3.8, 4) is 0 Å². The van der Waals surface area contributed by atoms with Gasteiger partial charge in [0.05, 0.1) is 47.9 Å². The number of carbonyl (C=O) groups excluding carboxylic acids is 2. The van der Waals surface area contributed by atoms with Gasteiger partial charge in [0, 0.05) is 0 Å². The Morgan fingerprint density at radius 3 is 2.29 bits per heavy atom. The van der Waals surface area contributed by atoms with Crippen LogP contribution in [0.2, 0.25) is 5.02 Å². The number of halogens is 1. The molecule has 0 amide bonds. The fraction of sp³-hybridized carbons (Fsp3) is 0.105. The molecular weight excluding hydrogens is 388 g/mol. The summed E-state index contributed by atoms with van der Waals surface area (Å²) in [5, 5.41) is 15.6. The fourth-order valence-corrected chi connectivity index (χ4v) is 2.43. The molecule has 0 radical (unpaired) electrons. The first-order chi connectivity index (χ1) is 13.4. The molecular formula is C19H17ClN2O6. The summed E-state index contributed by atoms with van der Waals surface area (Å²) in [5.74, 6) is -2.83. The molecule has 0 fully saturated rings. The lowest BCUT2D eigenvalue weighted by Crippen LogP contribution is -2.17. The van der Waals surface area contributed by atoms with Crippen molar-refractivity contribution in [1.82, 2.24) is 0 Å². The van der Waals surface area contributed by atoms with E-state index in [-0.39, 0.29) is 22.6 Å². The van der Waals surface area contributed by atoms with Gasteiger partial charge in [0.1, 0.15) is 5.70 Å². The van der Waals surface area contributed by atoms with Crippen molar-refractivity contribution in [1.29, 1.82) is 0 Å². The maximum Gasteiger partial charge on any atom is 0.354 e. The van der Waals surface area contributed by atoms with E-state index in [4.69, 9.17) is 11.6 Å². The number of nitrogens with one attached hydrogen (secondary N) is 2. The van der Waals surface area contributed by atoms with E-state index in [0.29, 0.717) is 10.7 Å². The first-order valence-corrected chi connectivity index (χ1v) is 8.28. The van der Waals surface area contributed by atoms with E-state index in [1.807, 2.05) is 0 Å². The lowest BCUT2D eigenvalue weighted by Gasteiger charge is -2.17. The van der Waals surface area contributed by atoms with E-state index in [1.165, 1.54) is 18.2 Å². The summed E-state index contributed by atoms with van der Waals surface area (Å²) >= 11 is 6.15. The van der Waals surface area contributed by atoms with Crippen LogP contribution in [0.5, 0.6) is 0 Å². The van der Waals surface area contributed by atoms with E-state index in [0.717, 1.165) is 20.3 Å². The largest absolute Gasteiger partial charge is 0.478 e. The molecule has 0 saturated heterocycles. The number of esters is 2. The van der Waals surface area contributed by atoms with Crippen LogP contribution >= 0.6 is 11.6 Å². The third kappa shape index (κ3) is 5.01. The van der Waals surface area contributed by atoms with Crippen molar-refractivity contribution in [2.24, 2.45) is 0 Å². The van der Waals surface area contributed by atoms with E-state index in [9.17, 15) is 19.5 Å². The number of ether oxygens (including phenoxy) is 2. The Labute approximate surface area is 165 Å². The van der Waals surface area contributed by atoms with Gasteiger partial charge in [-0.3, -0.25) is 0 Å². The van der Waals surface area contributed by atoms with Crippen LogP contribution in [0.25, 0.3) is 0 Å². The number of carbonyl (C=O) groups is 3. The number of aromatic carboxylic acids is 1. The number of carboxylic acid groups (broad SMARTS) is 1. The number of methoxy groups -OCH3 is 2. The normalized spacial score (nSPS) is 10.8. The third-order valence-corrected chi connectivity index (χ3v) is 3.90. The lowest BCUT2D eigenvalue weighted by molar-refractivity contribution is -0.138. The number of hydrogen-bond acceptors (Lipinski definition) is 7. The standard InChI is InChI=1S/C19H17ClN2O6/c1-27-16(23)10-15(19(26)28-2)21-14-9-5-6-11(18(24)25)17(14)22-13-8-4-3-7-12(13)20/h3-10,21-22H,1-2H3,(H,24,25)/b15-10+. The maximum absolute atomic E-state index is 12.0. The van der Waals surface area contributed by atoms with Crippen molar-refractivity contribution < 1.29 is 29.0 Å². The Morgan fingerprint density at radius 1 is 1.00 bits per heavy atom. The van der Waals surface area contributed by atoms with Crippen molar-refractivity contribution >= 4 is 46.6 Å². The molecule has 28 heavy (non-hydrogen) atoms. The van der Waals surface area contributed by atoms with Gasteiger partial charge < -0.3 is 25.2 Å². The van der Waals surface area contributed by atoms with Gasteiger partial charge in [0.25, 0.3) is 0 Å². The molecule has 146 valence electrons. The Morgan fingerprint density at radius 2 is 1.68 bits per heavy atom. The highest BCUT2D eigenvalue weighted by Gasteiger charge is 2.19. The predicted octanol–water partition coefficient (Wildman–Crippen LogP) is 3.42. The molecule has 0 heterocycles. The molecule has 0 aliphatic rings. The molecule has 3 N–H and O–H groups in total. The number of anilines is 3. The van der Waals surface area contributed by atoms with Crippen LogP contribution in [0.4, 0.5) is 17.1 Å². The van der Waals surface area contributed by atoms with Gasteiger partial charge >= 0.3 is 17.9 Å². The van der Waals surface area contributed by atoms with Crippen molar-refractivity contribution in [3.05, 3.63) is 64.8 Å². The van der Waals surface area contributed by atoms with Crippen molar-refractivity contribution in [2.45, 2.75) is 0 Å². The third-order valence-electron chi connectivity index (χ3n) is 3.57. The summed E-state index contributed by atoms with van der Waals surface area (Å²) in [7, 11) is 2.30. The van der Waals surface area contributed by atoms with Crippen LogP contribution in [0, 0.1) is 0 Å². The summed E-state index contributed by atoms with van der Waals surface area (Å²) in [6, 6.07) is 11.1. The van der Waals surface area contributed by atoms with E-state index in [1.54, 1.807) is 24.3 Å². The molecule has 8 nitrogen and oxygen atoms in total. The maximum atomic E-state index is 12.0. The number of rotatable bonds is 7. The molecule has 2 rings (SSSR count). The highest BCUT2D eigenvalue weighted by atomic mass is 35.5. The summed E-state index contributed by atoms with van der Waals surface area (Å²) < 4.78 is 9.18. The molecule has 0 aromatic heterocycles. The Hall–Kier alpha value is -3.52. The minimum atomic E-state index is -1.20. The Kier molecular flexibility index (Phi) is 7.00. The SMILES string of the molecule is COC(=O)/C=C(/Nc1cccc(C(=O)O)c1Nc1ccccc1Cl)C(=O)OC. The van der Waals surface area contributed by atoms with Gasteiger partial charge in [0.15, 0.2) is 0 Å². The zero-order valence-electron chi connectivity index (χ0n) is 15.0. The molecule has 0 atom stereocenters. The van der Waals surface area contributed by atoms with Gasteiger partial charge in [-0.25, -0.2) is 14.4 Å². The molecule has 9 heteroatoms. The van der Waals surface area contributed by atoms with E-state index >= 15 is 0 Å². The second-order valence-corrected chi connectivity index (χ2v) is 5.74. The van der Waals surface area contributed by atoms with Gasteiger partial charge in [-0.05, 0) is 24.3 Å². The summed E-state index contributed by atoms with van der Waals surface area (Å²) in [5.41, 5.74) is 0.493. The van der Waals surface area contributed by atoms with Crippen LogP contribution < -0.4 is 10.6 Å². The average molecular weight is 405 g/mol. The molecule has 0 unspecified atom stereocenters. The van der Waals surface area contributed by atoms with Crippen LogP contribution in [-0.2, 0) is 19.1 Å². The van der Waals surface area contributed by atoms with Crippen molar-refractivity contribution in [3.63, 3.8) is 0 Å². The van der Waals surface area contributed by atoms with Gasteiger partial charge in [0.2, 0.25) is 0 Å². The van der Waals surface area contributed by atoms with Crippen LogP contribution in [0.3, 0.4) is 0 Å². The smallest absolute Gasteiger partial charge is 0.354 e. The second kappa shape index (κ2) is 9.43. The summed E-state index contributed by atoms with van der Waals surface area (Å²) in [4.78, 5) is 35.2. The highest BCUT2D eigenvalue weighted by molar-refractivity contribution is 6.33. The predicted molar refractivity (Wildman–Crippen MR) is 104 cm³/mol. The molecule has 0 bridgehead atoms. The van der Waals surface area contributed by atoms with Crippen LogP contribution in [0.1, 0.15) is 10.4 Å². The minimum Gasteiger partial charge on any atom is -0.478 e. The monoisotopic (exact) mass is 404 g/mol. The summed E-state index contributed by atoms with van der Waals surface area (Å²) in [6.07, 6.45) is 0.901. The first-order valence-electron chi connectivity index (χ1n) is 7.90. The Bertz CT molecular complexity index is 942. The number of hydrogen-bond donors (Lipinski definition) is 3. The van der Waals surface area contributed by atoms with Crippen LogP contribution in [-0.4, -0.2) is 37.2 Å². The van der Waals surface area contributed by atoms with E-state index in [2.05, 4.69) is 20.1 Å². The Balaban J connectivity index is 2.54. The molecule has 2 aromatic rings. The molecule has 2 aromatic carbocycles. The number of benzene rings is 2. The number of carboxylic acids is 1. The molecule has 0 spiro atoms. The average Bonchev–Trinajstić information content (AvgIpc) is 2.69. The van der Waals surface area contributed by atoms with Gasteiger partial charge in [-0.2, -0.15) is 0 Å². The fourth-order valence-electron chi connectivity index (χ4n) is 2.24. The van der Waals surface area contributed by atoms with E-state index < -0.39 is 17.9 Å². The second-order valence-electron chi connectivity index (χ2n) is 5.34. The quantitative estimate of drug-likeness (QED) is 0.475. The zero-order valence-corrected chi connectivity index (χ0v) is 15.7. The van der Waals surface area contributed by atoms with Crippen molar-refractivity contribution in [2.75, 3.05) is 24.9 Å². The molecule has 0 aliphatic heterocycles. The summed E-state index contributed by atoms with van der Waals surface area (Å²) in [6.45, 7) is 0. The zero-order chi connectivity index (χ0) is 20.7.